The van der Waals surface area contributed by atoms with Crippen molar-refractivity contribution < 1.29 is 4.79 Å². The van der Waals surface area contributed by atoms with E-state index in [-0.39, 0.29) is 5.91 Å². The summed E-state index contributed by atoms with van der Waals surface area (Å²) in [4.78, 5) is 14.9. The standard InChI is InChI=1S/C24H28N4OS/c1-17-7-11-20(12-8-17)23-25-26-24(28(23)21-13-9-18(2)10-14-21)30-16-22(29)27-15-5-4-6-19(27)3/h7-14,19H,4-6,15-16H2,1-3H3/t19-/m1/s1. The largest absolute Gasteiger partial charge is 0.339 e. The molecule has 0 aliphatic carbocycles. The van der Waals surface area contributed by atoms with E-state index in [0.717, 1.165) is 41.6 Å². The number of carbonyl (C=O) groups is 1. The summed E-state index contributed by atoms with van der Waals surface area (Å²) in [6.45, 7) is 7.15. The molecule has 2 aromatic carbocycles. The Morgan fingerprint density at radius 1 is 1.00 bits per heavy atom. The first kappa shape index (κ1) is 20.7. The topological polar surface area (TPSA) is 51.0 Å². The van der Waals surface area contributed by atoms with Crippen LogP contribution in [-0.2, 0) is 4.79 Å². The molecule has 1 atom stereocenters. The molecule has 4 rings (SSSR count). The number of carbonyl (C=O) groups excluding carboxylic acids is 1. The van der Waals surface area contributed by atoms with Crippen molar-refractivity contribution in [3.63, 3.8) is 0 Å². The lowest BCUT2D eigenvalue weighted by molar-refractivity contribution is -0.131. The minimum atomic E-state index is 0.183. The number of aromatic nitrogens is 3. The second-order valence-corrected chi connectivity index (χ2v) is 9.01. The highest BCUT2D eigenvalue weighted by atomic mass is 32.2. The van der Waals surface area contributed by atoms with Crippen molar-refractivity contribution >= 4 is 17.7 Å². The molecule has 3 aromatic rings. The first-order valence-corrected chi connectivity index (χ1v) is 11.5. The summed E-state index contributed by atoms with van der Waals surface area (Å²) >= 11 is 1.47. The Hall–Kier alpha value is -2.60. The van der Waals surface area contributed by atoms with Crippen LogP contribution in [0, 0.1) is 13.8 Å². The average molecular weight is 421 g/mol. The number of amides is 1. The van der Waals surface area contributed by atoms with Crippen molar-refractivity contribution in [3.05, 3.63) is 59.7 Å². The van der Waals surface area contributed by atoms with Crippen molar-refractivity contribution in [2.24, 2.45) is 0 Å². The fraction of sp³-hybridized carbons (Fsp3) is 0.375. The highest BCUT2D eigenvalue weighted by Gasteiger charge is 2.24. The first-order chi connectivity index (χ1) is 14.5. The monoisotopic (exact) mass is 420 g/mol. The third-order valence-corrected chi connectivity index (χ3v) is 6.60. The van der Waals surface area contributed by atoms with Gasteiger partial charge < -0.3 is 4.90 Å². The normalized spacial score (nSPS) is 16.6. The Morgan fingerprint density at radius 2 is 1.67 bits per heavy atom. The van der Waals surface area contributed by atoms with E-state index in [1.165, 1.54) is 29.3 Å². The van der Waals surface area contributed by atoms with Crippen LogP contribution in [0.25, 0.3) is 17.1 Å². The molecular formula is C24H28N4OS. The van der Waals surface area contributed by atoms with E-state index in [1.54, 1.807) is 0 Å². The number of aryl methyl sites for hydroxylation is 2. The molecule has 0 unspecified atom stereocenters. The van der Waals surface area contributed by atoms with Crippen LogP contribution >= 0.6 is 11.8 Å². The summed E-state index contributed by atoms with van der Waals surface area (Å²) in [5.74, 6) is 1.35. The van der Waals surface area contributed by atoms with Gasteiger partial charge in [0, 0.05) is 23.8 Å². The molecule has 1 fully saturated rings. The van der Waals surface area contributed by atoms with E-state index < -0.39 is 0 Å². The fourth-order valence-corrected chi connectivity index (χ4v) is 4.70. The van der Waals surface area contributed by atoms with Crippen LogP contribution < -0.4 is 0 Å². The molecular weight excluding hydrogens is 392 g/mol. The number of hydrogen-bond acceptors (Lipinski definition) is 4. The van der Waals surface area contributed by atoms with Gasteiger partial charge in [-0.15, -0.1) is 10.2 Å². The maximum absolute atomic E-state index is 12.8. The van der Waals surface area contributed by atoms with Gasteiger partial charge in [-0.1, -0.05) is 59.3 Å². The van der Waals surface area contributed by atoms with Crippen LogP contribution in [0.15, 0.2) is 53.7 Å². The second kappa shape index (κ2) is 9.04. The summed E-state index contributed by atoms with van der Waals surface area (Å²) < 4.78 is 2.06. The summed E-state index contributed by atoms with van der Waals surface area (Å²) in [7, 11) is 0. The summed E-state index contributed by atoms with van der Waals surface area (Å²) in [5.41, 5.74) is 4.42. The predicted molar refractivity (Wildman–Crippen MR) is 122 cm³/mol. The van der Waals surface area contributed by atoms with Crippen LogP contribution in [0.1, 0.15) is 37.3 Å². The highest BCUT2D eigenvalue weighted by Crippen LogP contribution is 2.29. The lowest BCUT2D eigenvalue weighted by atomic mass is 10.0. The zero-order valence-corrected chi connectivity index (χ0v) is 18.7. The summed E-state index contributed by atoms with van der Waals surface area (Å²) in [6.07, 6.45) is 3.39. The van der Waals surface area contributed by atoms with Gasteiger partial charge >= 0.3 is 0 Å². The number of rotatable bonds is 5. The van der Waals surface area contributed by atoms with E-state index in [0.29, 0.717) is 11.8 Å². The number of likely N-dealkylation sites (tertiary alicyclic amines) is 1. The molecule has 6 heteroatoms. The Labute approximate surface area is 182 Å². The second-order valence-electron chi connectivity index (χ2n) is 8.06. The van der Waals surface area contributed by atoms with Gasteiger partial charge in [0.2, 0.25) is 5.91 Å². The van der Waals surface area contributed by atoms with E-state index in [9.17, 15) is 4.79 Å². The lowest BCUT2D eigenvalue weighted by Gasteiger charge is -2.33. The molecule has 0 spiro atoms. The van der Waals surface area contributed by atoms with Crippen LogP contribution in [0.5, 0.6) is 0 Å². The molecule has 2 heterocycles. The van der Waals surface area contributed by atoms with Gasteiger partial charge in [-0.05, 0) is 52.2 Å². The molecule has 0 saturated carbocycles. The predicted octanol–water partition coefficient (Wildman–Crippen LogP) is 5.04. The van der Waals surface area contributed by atoms with Gasteiger partial charge in [-0.3, -0.25) is 9.36 Å². The maximum Gasteiger partial charge on any atom is 0.233 e. The molecule has 0 N–H and O–H groups in total. The van der Waals surface area contributed by atoms with Gasteiger partial charge in [-0.2, -0.15) is 0 Å². The number of hydrogen-bond donors (Lipinski definition) is 0. The third kappa shape index (κ3) is 4.43. The van der Waals surface area contributed by atoms with Gasteiger partial charge in [-0.25, -0.2) is 0 Å². The van der Waals surface area contributed by atoms with Gasteiger partial charge in [0.1, 0.15) is 0 Å². The zero-order chi connectivity index (χ0) is 21.1. The smallest absolute Gasteiger partial charge is 0.233 e. The Bertz CT molecular complexity index is 1010. The van der Waals surface area contributed by atoms with Crippen LogP contribution in [0.2, 0.25) is 0 Å². The van der Waals surface area contributed by atoms with Crippen molar-refractivity contribution in [1.82, 2.24) is 19.7 Å². The van der Waals surface area contributed by atoms with Gasteiger partial charge in [0.05, 0.1) is 5.75 Å². The minimum Gasteiger partial charge on any atom is -0.339 e. The molecule has 1 aliphatic heterocycles. The molecule has 1 saturated heterocycles. The number of nitrogens with zero attached hydrogens (tertiary/aromatic N) is 4. The van der Waals surface area contributed by atoms with E-state index in [4.69, 9.17) is 0 Å². The van der Waals surface area contributed by atoms with Crippen molar-refractivity contribution in [3.8, 4) is 17.1 Å². The molecule has 1 aromatic heterocycles. The van der Waals surface area contributed by atoms with Crippen LogP contribution in [0.3, 0.4) is 0 Å². The molecule has 0 radical (unpaired) electrons. The molecule has 30 heavy (non-hydrogen) atoms. The first-order valence-electron chi connectivity index (χ1n) is 10.5. The number of thioether (sulfide) groups is 1. The zero-order valence-electron chi connectivity index (χ0n) is 17.8. The van der Waals surface area contributed by atoms with Crippen molar-refractivity contribution in [2.75, 3.05) is 12.3 Å². The maximum atomic E-state index is 12.8. The minimum absolute atomic E-state index is 0.183. The third-order valence-electron chi connectivity index (χ3n) is 5.68. The Kier molecular flexibility index (Phi) is 6.23. The van der Waals surface area contributed by atoms with Crippen LogP contribution in [-0.4, -0.2) is 43.9 Å². The van der Waals surface area contributed by atoms with Crippen molar-refractivity contribution in [1.29, 1.82) is 0 Å². The number of piperidine rings is 1. The van der Waals surface area contributed by atoms with Crippen molar-refractivity contribution in [2.45, 2.75) is 51.2 Å². The van der Waals surface area contributed by atoms with Crippen LogP contribution in [0.4, 0.5) is 0 Å². The SMILES string of the molecule is Cc1ccc(-c2nnc(SCC(=O)N3CCCC[C@H]3C)n2-c2ccc(C)cc2)cc1. The molecule has 1 amide bonds. The van der Waals surface area contributed by atoms with Gasteiger partial charge in [0.25, 0.3) is 0 Å². The molecule has 5 nitrogen and oxygen atoms in total. The quantitative estimate of drug-likeness (QED) is 0.542. The summed E-state index contributed by atoms with van der Waals surface area (Å²) in [6, 6.07) is 17.0. The highest BCUT2D eigenvalue weighted by molar-refractivity contribution is 7.99. The molecule has 1 aliphatic rings. The van der Waals surface area contributed by atoms with E-state index in [1.807, 2.05) is 4.90 Å². The lowest BCUT2D eigenvalue weighted by Crippen LogP contribution is -2.42. The molecule has 0 bridgehead atoms. The van der Waals surface area contributed by atoms with E-state index in [2.05, 4.69) is 84.1 Å². The van der Waals surface area contributed by atoms with E-state index >= 15 is 0 Å². The van der Waals surface area contributed by atoms with Gasteiger partial charge in [0.15, 0.2) is 11.0 Å². The Morgan fingerprint density at radius 3 is 2.33 bits per heavy atom. The number of benzene rings is 2. The summed E-state index contributed by atoms with van der Waals surface area (Å²) in [5, 5.41) is 9.69. The molecule has 156 valence electrons. The fourth-order valence-electron chi connectivity index (χ4n) is 3.86. The average Bonchev–Trinajstić information content (AvgIpc) is 3.17. The Balaban J connectivity index is 1.63.